The van der Waals surface area contributed by atoms with Gasteiger partial charge in [0, 0.05) is 39.9 Å². The summed E-state index contributed by atoms with van der Waals surface area (Å²) in [5.41, 5.74) is 0.813. The lowest BCUT2D eigenvalue weighted by Gasteiger charge is -2.42. The van der Waals surface area contributed by atoms with Crippen molar-refractivity contribution in [2.75, 3.05) is 44.8 Å². The molecular formula is C22H30N4O4. The van der Waals surface area contributed by atoms with Crippen molar-refractivity contribution in [3.8, 4) is 0 Å². The molecule has 8 heteroatoms. The number of hydrogen-bond acceptors (Lipinski definition) is 6. The second-order valence-corrected chi connectivity index (χ2v) is 8.57. The maximum Gasteiger partial charge on any atom is 0.327 e. The molecule has 1 aromatic heterocycles. The van der Waals surface area contributed by atoms with E-state index in [1.54, 1.807) is 7.11 Å². The van der Waals surface area contributed by atoms with E-state index in [-0.39, 0.29) is 17.9 Å². The van der Waals surface area contributed by atoms with Gasteiger partial charge < -0.3 is 19.0 Å². The number of benzene rings is 1. The Bertz CT molecular complexity index is 884. The summed E-state index contributed by atoms with van der Waals surface area (Å²) in [5, 5.41) is 0. The van der Waals surface area contributed by atoms with Crippen LogP contribution in [0, 0.1) is 5.92 Å². The first-order valence-electron chi connectivity index (χ1n) is 10.7. The average molecular weight is 415 g/mol. The fourth-order valence-electron chi connectivity index (χ4n) is 4.51. The zero-order chi connectivity index (χ0) is 21.3. The number of fused-ring (bicyclic) bond motifs is 1. The van der Waals surface area contributed by atoms with E-state index in [0.717, 1.165) is 11.1 Å². The molecule has 0 bridgehead atoms. The lowest BCUT2D eigenvalue weighted by atomic mass is 9.85. The number of imide groups is 1. The quantitative estimate of drug-likeness (QED) is 0.512. The summed E-state index contributed by atoms with van der Waals surface area (Å²) < 4.78 is 11.0. The number of anilines is 1. The van der Waals surface area contributed by atoms with Gasteiger partial charge in [0.25, 0.3) is 11.9 Å². The molecule has 0 unspecified atom stereocenters. The third-order valence-electron chi connectivity index (χ3n) is 6.04. The molecule has 2 aliphatic heterocycles. The highest BCUT2D eigenvalue weighted by Crippen LogP contribution is 2.39. The number of hydrogen-bond donors (Lipinski definition) is 0. The molecule has 2 saturated heterocycles. The average Bonchev–Trinajstić information content (AvgIpc) is 3.24. The van der Waals surface area contributed by atoms with Crippen LogP contribution < -0.4 is 4.90 Å². The molecule has 3 amide bonds. The molecule has 3 heterocycles. The van der Waals surface area contributed by atoms with Gasteiger partial charge in [0.2, 0.25) is 0 Å². The first-order chi connectivity index (χ1) is 14.5. The maximum absolute atomic E-state index is 13.4. The summed E-state index contributed by atoms with van der Waals surface area (Å²) in [6.45, 7) is 6.89. The number of carbonyl (C=O) groups is 2. The fourth-order valence-corrected chi connectivity index (χ4v) is 4.51. The minimum absolute atomic E-state index is 0.0681. The number of urea groups is 1. The highest BCUT2D eigenvalue weighted by Gasteiger charge is 2.57. The van der Waals surface area contributed by atoms with E-state index in [1.165, 1.54) is 4.90 Å². The van der Waals surface area contributed by atoms with Gasteiger partial charge in [0.15, 0.2) is 5.58 Å². The molecule has 0 N–H and O–H groups in total. The number of aromatic nitrogens is 1. The van der Waals surface area contributed by atoms with E-state index < -0.39 is 5.54 Å². The van der Waals surface area contributed by atoms with Crippen molar-refractivity contribution >= 4 is 29.1 Å². The number of nitrogens with zero attached hydrogens (tertiary/aromatic N) is 4. The number of rotatable bonds is 7. The number of para-hydroxylation sites is 2. The van der Waals surface area contributed by atoms with Crippen molar-refractivity contribution in [3.05, 3.63) is 24.3 Å². The molecule has 2 aliphatic rings. The first-order valence-corrected chi connectivity index (χ1v) is 10.7. The molecule has 162 valence electrons. The van der Waals surface area contributed by atoms with Crippen LogP contribution in [0.4, 0.5) is 10.8 Å². The van der Waals surface area contributed by atoms with E-state index in [0.29, 0.717) is 58.1 Å². The molecule has 1 spiro atoms. The number of oxazole rings is 1. The van der Waals surface area contributed by atoms with Gasteiger partial charge in [-0.25, -0.2) is 4.79 Å². The zero-order valence-electron chi connectivity index (χ0n) is 18.0. The minimum atomic E-state index is -0.767. The Labute approximate surface area is 176 Å². The van der Waals surface area contributed by atoms with Gasteiger partial charge in [-0.05, 0) is 37.3 Å². The number of piperidine rings is 1. The van der Waals surface area contributed by atoms with Crippen LogP contribution in [0.25, 0.3) is 11.1 Å². The minimum Gasteiger partial charge on any atom is -0.423 e. The van der Waals surface area contributed by atoms with Crippen molar-refractivity contribution < 1.29 is 18.7 Å². The molecule has 2 aromatic rings. The summed E-state index contributed by atoms with van der Waals surface area (Å²) in [7, 11) is 1.63. The highest BCUT2D eigenvalue weighted by atomic mass is 16.5. The van der Waals surface area contributed by atoms with E-state index in [9.17, 15) is 9.59 Å². The maximum atomic E-state index is 13.4. The zero-order valence-corrected chi connectivity index (χ0v) is 18.0. The van der Waals surface area contributed by atoms with Gasteiger partial charge in [0.1, 0.15) is 11.1 Å². The van der Waals surface area contributed by atoms with Crippen LogP contribution in [0.5, 0.6) is 0 Å². The van der Waals surface area contributed by atoms with Crippen molar-refractivity contribution in [1.82, 2.24) is 14.8 Å². The first kappa shape index (κ1) is 20.7. The van der Waals surface area contributed by atoms with Crippen molar-refractivity contribution in [2.24, 2.45) is 5.92 Å². The molecule has 8 nitrogen and oxygen atoms in total. The van der Waals surface area contributed by atoms with Gasteiger partial charge in [-0.3, -0.25) is 9.69 Å². The van der Waals surface area contributed by atoms with Crippen LogP contribution in [0.3, 0.4) is 0 Å². The van der Waals surface area contributed by atoms with Crippen LogP contribution >= 0.6 is 0 Å². The number of methoxy groups -OCH3 is 1. The van der Waals surface area contributed by atoms with Crippen molar-refractivity contribution in [3.63, 3.8) is 0 Å². The smallest absolute Gasteiger partial charge is 0.327 e. The van der Waals surface area contributed by atoms with E-state index in [1.807, 2.05) is 29.2 Å². The Morgan fingerprint density at radius 1 is 1.20 bits per heavy atom. The SMILES string of the molecule is COCCCN1C(=O)N(CC(C)C)C2(CCN(c3nc4ccccc4o3)CC2)C1=O. The fraction of sp³-hybridized carbons (Fsp3) is 0.591. The van der Waals surface area contributed by atoms with Crippen LogP contribution in [0.15, 0.2) is 28.7 Å². The van der Waals surface area contributed by atoms with Crippen LogP contribution in [0.1, 0.15) is 33.1 Å². The van der Waals surface area contributed by atoms with Gasteiger partial charge in [-0.2, -0.15) is 4.98 Å². The third kappa shape index (κ3) is 3.53. The molecule has 30 heavy (non-hydrogen) atoms. The predicted molar refractivity (Wildman–Crippen MR) is 113 cm³/mol. The molecule has 0 atom stereocenters. The molecule has 4 rings (SSSR count). The largest absolute Gasteiger partial charge is 0.423 e. The third-order valence-corrected chi connectivity index (χ3v) is 6.04. The highest BCUT2D eigenvalue weighted by molar-refractivity contribution is 6.07. The van der Waals surface area contributed by atoms with E-state index >= 15 is 0 Å². The Kier molecular flexibility index (Phi) is 5.69. The molecular weight excluding hydrogens is 384 g/mol. The molecule has 0 saturated carbocycles. The standard InChI is InChI=1S/C22H30N4O4/c1-16(2)15-26-21(28)25(11-6-14-29-3)19(27)22(26)9-12-24(13-10-22)20-23-17-7-4-5-8-18(17)30-20/h4-5,7-8,16H,6,9-15H2,1-3H3. The number of carbonyl (C=O) groups excluding carboxylic acids is 2. The van der Waals surface area contributed by atoms with Crippen LogP contribution in [0.2, 0.25) is 0 Å². The summed E-state index contributed by atoms with van der Waals surface area (Å²) in [4.78, 5) is 36.5. The Hall–Kier alpha value is -2.61. The molecule has 0 aliphatic carbocycles. The number of amides is 3. The van der Waals surface area contributed by atoms with Crippen molar-refractivity contribution in [2.45, 2.75) is 38.6 Å². The topological polar surface area (TPSA) is 79.1 Å². The van der Waals surface area contributed by atoms with Crippen LogP contribution in [-0.2, 0) is 9.53 Å². The van der Waals surface area contributed by atoms with E-state index in [4.69, 9.17) is 9.15 Å². The van der Waals surface area contributed by atoms with Gasteiger partial charge in [-0.15, -0.1) is 0 Å². The summed E-state index contributed by atoms with van der Waals surface area (Å²) in [5.74, 6) is 0.217. The molecule has 0 radical (unpaired) electrons. The monoisotopic (exact) mass is 414 g/mol. The Balaban J connectivity index is 1.54. The predicted octanol–water partition coefficient (Wildman–Crippen LogP) is 3.12. The van der Waals surface area contributed by atoms with Gasteiger partial charge in [0.05, 0.1) is 0 Å². The molecule has 2 fully saturated rings. The number of ether oxygens (including phenoxy) is 1. The summed E-state index contributed by atoms with van der Waals surface area (Å²) in [6, 6.07) is 8.10. The molecule has 1 aromatic carbocycles. The Morgan fingerprint density at radius 2 is 1.93 bits per heavy atom. The second-order valence-electron chi connectivity index (χ2n) is 8.57. The van der Waals surface area contributed by atoms with E-state index in [2.05, 4.69) is 23.7 Å². The summed E-state index contributed by atoms with van der Waals surface area (Å²) >= 11 is 0. The summed E-state index contributed by atoms with van der Waals surface area (Å²) in [6.07, 6.45) is 1.79. The van der Waals surface area contributed by atoms with Crippen LogP contribution in [-0.4, -0.2) is 72.2 Å². The second kappa shape index (κ2) is 8.26. The Morgan fingerprint density at radius 3 is 2.60 bits per heavy atom. The normalized spacial score (nSPS) is 19.1. The lowest BCUT2D eigenvalue weighted by molar-refractivity contribution is -0.134. The van der Waals surface area contributed by atoms with Gasteiger partial charge in [-0.1, -0.05) is 26.0 Å². The van der Waals surface area contributed by atoms with Crippen molar-refractivity contribution in [1.29, 1.82) is 0 Å². The lowest BCUT2D eigenvalue weighted by Crippen LogP contribution is -2.57. The van der Waals surface area contributed by atoms with Gasteiger partial charge >= 0.3 is 6.03 Å².